The van der Waals surface area contributed by atoms with E-state index >= 15 is 0 Å². The Bertz CT molecular complexity index is 302. The van der Waals surface area contributed by atoms with Gasteiger partial charge in [-0.3, -0.25) is 4.68 Å². The van der Waals surface area contributed by atoms with Crippen molar-refractivity contribution in [3.63, 3.8) is 0 Å². The minimum absolute atomic E-state index is 0.721. The molecule has 0 saturated heterocycles. The number of aromatic nitrogens is 2. The average Bonchev–Trinajstić information content (AvgIpc) is 2.63. The molecule has 1 heterocycles. The average molecular weight is 354 g/mol. The van der Waals surface area contributed by atoms with Crippen molar-refractivity contribution in [2.45, 2.75) is 32.7 Å². The first-order valence-corrected chi connectivity index (χ1v) is 7.55. The van der Waals surface area contributed by atoms with E-state index in [1.807, 2.05) is 10.9 Å². The molecular weight excluding hydrogens is 336 g/mol. The van der Waals surface area contributed by atoms with Crippen LogP contribution >= 0.6 is 31.9 Å². The van der Waals surface area contributed by atoms with Gasteiger partial charge >= 0.3 is 0 Å². The summed E-state index contributed by atoms with van der Waals surface area (Å²) in [5.41, 5.74) is 1.28. The first-order valence-electron chi connectivity index (χ1n) is 5.63. The molecule has 0 aliphatic rings. The van der Waals surface area contributed by atoms with E-state index in [1.165, 1.54) is 18.5 Å². The molecule has 3 nitrogen and oxygen atoms in total. The predicted octanol–water partition coefficient (Wildman–Crippen LogP) is 3.40. The van der Waals surface area contributed by atoms with Crippen LogP contribution in [0.3, 0.4) is 0 Å². The number of hydrogen-bond donors (Lipinski definition) is 0. The lowest BCUT2D eigenvalue weighted by Crippen LogP contribution is -2.11. The van der Waals surface area contributed by atoms with Crippen LogP contribution in [-0.4, -0.2) is 28.3 Å². The monoisotopic (exact) mass is 352 g/mol. The van der Waals surface area contributed by atoms with Gasteiger partial charge in [-0.05, 0) is 28.8 Å². The van der Waals surface area contributed by atoms with E-state index in [2.05, 4.69) is 43.9 Å². The number of rotatable bonds is 8. The second kappa shape index (κ2) is 8.25. The third-order valence-corrected chi connectivity index (χ3v) is 3.32. The summed E-state index contributed by atoms with van der Waals surface area (Å²) in [7, 11) is 0. The number of ether oxygens (including phenoxy) is 1. The Kier molecular flexibility index (Phi) is 7.32. The van der Waals surface area contributed by atoms with Crippen molar-refractivity contribution in [1.82, 2.24) is 9.78 Å². The van der Waals surface area contributed by atoms with Crippen LogP contribution in [0.15, 0.2) is 10.7 Å². The van der Waals surface area contributed by atoms with Crippen molar-refractivity contribution in [1.29, 1.82) is 0 Å². The molecule has 5 heteroatoms. The molecule has 92 valence electrons. The van der Waals surface area contributed by atoms with Crippen molar-refractivity contribution in [2.75, 3.05) is 18.5 Å². The van der Waals surface area contributed by atoms with Gasteiger partial charge in [0.2, 0.25) is 0 Å². The molecule has 1 aromatic rings. The Morgan fingerprint density at radius 1 is 1.44 bits per heavy atom. The van der Waals surface area contributed by atoms with Crippen molar-refractivity contribution in [3.05, 3.63) is 16.4 Å². The van der Waals surface area contributed by atoms with Gasteiger partial charge < -0.3 is 4.74 Å². The molecule has 0 fully saturated rings. The van der Waals surface area contributed by atoms with Crippen LogP contribution in [0.4, 0.5) is 0 Å². The third kappa shape index (κ3) is 4.55. The molecule has 0 unspecified atom stereocenters. The summed E-state index contributed by atoms with van der Waals surface area (Å²) in [5.74, 6) is 0. The normalized spacial score (nSPS) is 10.9. The summed E-state index contributed by atoms with van der Waals surface area (Å²) in [6.07, 6.45) is 5.36. The summed E-state index contributed by atoms with van der Waals surface area (Å²) in [5, 5.41) is 5.23. The van der Waals surface area contributed by atoms with Gasteiger partial charge in [0.15, 0.2) is 0 Å². The summed E-state index contributed by atoms with van der Waals surface area (Å²) in [6, 6.07) is 0. The Morgan fingerprint density at radius 3 is 2.94 bits per heavy atom. The van der Waals surface area contributed by atoms with E-state index in [0.717, 1.165) is 36.0 Å². The highest BCUT2D eigenvalue weighted by molar-refractivity contribution is 9.10. The highest BCUT2D eigenvalue weighted by Crippen LogP contribution is 2.18. The Labute approximate surface area is 114 Å². The van der Waals surface area contributed by atoms with Crippen molar-refractivity contribution in [3.8, 4) is 0 Å². The fourth-order valence-corrected chi connectivity index (χ4v) is 2.20. The van der Waals surface area contributed by atoms with Crippen molar-refractivity contribution >= 4 is 31.9 Å². The highest BCUT2D eigenvalue weighted by atomic mass is 79.9. The lowest BCUT2D eigenvalue weighted by atomic mass is 10.2. The molecule has 0 radical (unpaired) electrons. The molecule has 0 aromatic carbocycles. The maximum absolute atomic E-state index is 5.43. The largest absolute Gasteiger partial charge is 0.379 e. The first kappa shape index (κ1) is 14.2. The molecular formula is C11H18Br2N2O. The lowest BCUT2D eigenvalue weighted by molar-refractivity contribution is 0.138. The first-order chi connectivity index (χ1) is 7.79. The molecule has 0 spiro atoms. The fraction of sp³-hybridized carbons (Fsp3) is 0.727. The fourth-order valence-electron chi connectivity index (χ4n) is 1.48. The van der Waals surface area contributed by atoms with Gasteiger partial charge in [-0.15, -0.1) is 0 Å². The molecule has 1 aromatic heterocycles. The quantitative estimate of drug-likeness (QED) is 0.529. The van der Waals surface area contributed by atoms with Crippen LogP contribution in [0, 0.1) is 0 Å². The van der Waals surface area contributed by atoms with Crippen LogP contribution < -0.4 is 0 Å². The molecule has 0 saturated carbocycles. The molecule has 0 amide bonds. The molecule has 0 bridgehead atoms. The number of halogens is 2. The lowest BCUT2D eigenvalue weighted by Gasteiger charge is -2.08. The molecule has 0 atom stereocenters. The zero-order chi connectivity index (χ0) is 11.8. The van der Waals surface area contributed by atoms with Gasteiger partial charge in [0.1, 0.15) is 0 Å². The number of hydrogen-bond acceptors (Lipinski definition) is 2. The predicted molar refractivity (Wildman–Crippen MR) is 73.2 cm³/mol. The number of nitrogens with zero attached hydrogens (tertiary/aromatic N) is 2. The standard InChI is InChI=1S/C11H18Br2N2O/c1-2-3-4-11-10(13)9-14-15(11)6-8-16-7-5-12/h9H,2-8H2,1H3. The zero-order valence-electron chi connectivity index (χ0n) is 9.59. The maximum atomic E-state index is 5.43. The Balaban J connectivity index is 2.44. The highest BCUT2D eigenvalue weighted by Gasteiger charge is 2.07. The van der Waals surface area contributed by atoms with Crippen LogP contribution in [0.1, 0.15) is 25.5 Å². The van der Waals surface area contributed by atoms with Gasteiger partial charge in [0.05, 0.1) is 36.1 Å². The van der Waals surface area contributed by atoms with E-state index in [9.17, 15) is 0 Å². The summed E-state index contributed by atoms with van der Waals surface area (Å²) in [6.45, 7) is 4.51. The van der Waals surface area contributed by atoms with Gasteiger partial charge in [0.25, 0.3) is 0 Å². The summed E-state index contributed by atoms with van der Waals surface area (Å²) < 4.78 is 8.58. The van der Waals surface area contributed by atoms with E-state index in [-0.39, 0.29) is 0 Å². The SMILES string of the molecule is CCCCc1c(Br)cnn1CCOCCBr. The maximum Gasteiger partial charge on any atom is 0.0663 e. The van der Waals surface area contributed by atoms with E-state index in [1.54, 1.807) is 0 Å². The number of unbranched alkanes of at least 4 members (excludes halogenated alkanes) is 1. The van der Waals surface area contributed by atoms with Crippen molar-refractivity contribution in [2.24, 2.45) is 0 Å². The summed E-state index contributed by atoms with van der Waals surface area (Å²) in [4.78, 5) is 0. The molecule has 0 aliphatic carbocycles. The Morgan fingerprint density at radius 2 is 2.25 bits per heavy atom. The van der Waals surface area contributed by atoms with Crippen LogP contribution in [0.25, 0.3) is 0 Å². The van der Waals surface area contributed by atoms with E-state index in [4.69, 9.17) is 4.74 Å². The van der Waals surface area contributed by atoms with Crippen molar-refractivity contribution < 1.29 is 4.74 Å². The molecule has 1 rings (SSSR count). The Hall–Kier alpha value is 0.130. The minimum atomic E-state index is 0.721. The van der Waals surface area contributed by atoms with E-state index < -0.39 is 0 Å². The topological polar surface area (TPSA) is 27.1 Å². The third-order valence-electron chi connectivity index (χ3n) is 2.33. The van der Waals surface area contributed by atoms with Crippen LogP contribution in [0.5, 0.6) is 0 Å². The minimum Gasteiger partial charge on any atom is -0.379 e. The van der Waals surface area contributed by atoms with Gasteiger partial charge in [-0.25, -0.2) is 0 Å². The van der Waals surface area contributed by atoms with Crippen LogP contribution in [0.2, 0.25) is 0 Å². The second-order valence-electron chi connectivity index (χ2n) is 3.57. The summed E-state index contributed by atoms with van der Waals surface area (Å²) >= 11 is 6.87. The van der Waals surface area contributed by atoms with Gasteiger partial charge in [-0.2, -0.15) is 5.10 Å². The molecule has 0 aliphatic heterocycles. The zero-order valence-corrected chi connectivity index (χ0v) is 12.8. The smallest absolute Gasteiger partial charge is 0.0663 e. The molecule has 16 heavy (non-hydrogen) atoms. The van der Waals surface area contributed by atoms with E-state index in [0.29, 0.717) is 0 Å². The number of alkyl halides is 1. The van der Waals surface area contributed by atoms with Gasteiger partial charge in [0, 0.05) is 5.33 Å². The molecule has 0 N–H and O–H groups in total. The van der Waals surface area contributed by atoms with Gasteiger partial charge in [-0.1, -0.05) is 29.3 Å². The second-order valence-corrected chi connectivity index (χ2v) is 5.21. The van der Waals surface area contributed by atoms with Crippen LogP contribution in [-0.2, 0) is 17.7 Å².